The Labute approximate surface area is 105 Å². The molecule has 0 aliphatic heterocycles. The SMILES string of the molecule is COc1c(C)cc(C)c(-c2cc(N)no2)c1OC. The molecular weight excluding hydrogens is 232 g/mol. The molecule has 0 aliphatic carbocycles. The molecule has 0 unspecified atom stereocenters. The molecule has 0 atom stereocenters. The number of ether oxygens (including phenoxy) is 2. The molecular formula is C13H16N2O3. The molecule has 2 aromatic rings. The second kappa shape index (κ2) is 4.60. The Hall–Kier alpha value is -2.17. The van der Waals surface area contributed by atoms with Crippen LogP contribution >= 0.6 is 0 Å². The van der Waals surface area contributed by atoms with Crippen molar-refractivity contribution in [2.45, 2.75) is 13.8 Å². The predicted octanol–water partition coefficient (Wildman–Crippen LogP) is 2.56. The largest absolute Gasteiger partial charge is 0.493 e. The van der Waals surface area contributed by atoms with Crippen LogP contribution < -0.4 is 15.2 Å². The van der Waals surface area contributed by atoms with Crippen molar-refractivity contribution in [1.82, 2.24) is 5.16 Å². The summed E-state index contributed by atoms with van der Waals surface area (Å²) in [4.78, 5) is 0. The Balaban J connectivity index is 2.73. The molecule has 2 rings (SSSR count). The molecule has 0 spiro atoms. The van der Waals surface area contributed by atoms with Crippen LogP contribution in [0.1, 0.15) is 11.1 Å². The van der Waals surface area contributed by atoms with Gasteiger partial charge >= 0.3 is 0 Å². The molecule has 1 heterocycles. The number of aromatic nitrogens is 1. The van der Waals surface area contributed by atoms with Crippen molar-refractivity contribution in [1.29, 1.82) is 0 Å². The zero-order valence-corrected chi connectivity index (χ0v) is 10.9. The van der Waals surface area contributed by atoms with E-state index < -0.39 is 0 Å². The number of methoxy groups -OCH3 is 2. The lowest BCUT2D eigenvalue weighted by Crippen LogP contribution is -1.97. The van der Waals surface area contributed by atoms with Gasteiger partial charge in [-0.25, -0.2) is 0 Å². The average Bonchev–Trinajstić information content (AvgIpc) is 2.74. The van der Waals surface area contributed by atoms with Gasteiger partial charge in [-0.3, -0.25) is 0 Å². The lowest BCUT2D eigenvalue weighted by molar-refractivity contribution is 0.351. The smallest absolute Gasteiger partial charge is 0.173 e. The van der Waals surface area contributed by atoms with Crippen LogP contribution in [0.4, 0.5) is 5.82 Å². The lowest BCUT2D eigenvalue weighted by atomic mass is 10.0. The van der Waals surface area contributed by atoms with E-state index in [9.17, 15) is 0 Å². The monoisotopic (exact) mass is 248 g/mol. The number of anilines is 1. The number of nitrogens with two attached hydrogens (primary N) is 1. The first-order valence-electron chi connectivity index (χ1n) is 5.53. The molecule has 18 heavy (non-hydrogen) atoms. The third-order valence-corrected chi connectivity index (χ3v) is 2.80. The second-order valence-corrected chi connectivity index (χ2v) is 4.07. The summed E-state index contributed by atoms with van der Waals surface area (Å²) < 4.78 is 16.0. The van der Waals surface area contributed by atoms with Crippen LogP contribution in [0, 0.1) is 13.8 Å². The number of nitrogen functional groups attached to an aromatic ring is 1. The first kappa shape index (κ1) is 12.3. The Kier molecular flexibility index (Phi) is 3.14. The van der Waals surface area contributed by atoms with E-state index in [1.165, 1.54) is 0 Å². The molecule has 1 aromatic heterocycles. The van der Waals surface area contributed by atoms with Gasteiger partial charge in [0.05, 0.1) is 19.8 Å². The Morgan fingerprint density at radius 2 is 1.72 bits per heavy atom. The van der Waals surface area contributed by atoms with Crippen LogP contribution in [0.3, 0.4) is 0 Å². The maximum absolute atomic E-state index is 5.58. The molecule has 5 nitrogen and oxygen atoms in total. The number of aryl methyl sites for hydroxylation is 2. The van der Waals surface area contributed by atoms with Crippen molar-refractivity contribution >= 4 is 5.82 Å². The third-order valence-electron chi connectivity index (χ3n) is 2.80. The Morgan fingerprint density at radius 3 is 2.22 bits per heavy atom. The van der Waals surface area contributed by atoms with Crippen molar-refractivity contribution in [3.63, 3.8) is 0 Å². The number of rotatable bonds is 3. The average molecular weight is 248 g/mol. The van der Waals surface area contributed by atoms with Gasteiger partial charge in [0, 0.05) is 6.07 Å². The highest BCUT2D eigenvalue weighted by atomic mass is 16.5. The normalized spacial score (nSPS) is 10.4. The van der Waals surface area contributed by atoms with Crippen LogP contribution in [0.5, 0.6) is 11.5 Å². The van der Waals surface area contributed by atoms with Gasteiger partial charge in [-0.2, -0.15) is 0 Å². The van der Waals surface area contributed by atoms with Crippen LogP contribution in [-0.2, 0) is 0 Å². The van der Waals surface area contributed by atoms with E-state index in [2.05, 4.69) is 5.16 Å². The molecule has 0 amide bonds. The van der Waals surface area contributed by atoms with E-state index in [0.29, 0.717) is 23.1 Å². The summed E-state index contributed by atoms with van der Waals surface area (Å²) in [7, 11) is 3.21. The predicted molar refractivity (Wildman–Crippen MR) is 68.9 cm³/mol. The van der Waals surface area contributed by atoms with Gasteiger partial charge in [0.1, 0.15) is 0 Å². The van der Waals surface area contributed by atoms with Gasteiger partial charge in [-0.1, -0.05) is 11.2 Å². The van der Waals surface area contributed by atoms with E-state index >= 15 is 0 Å². The first-order chi connectivity index (χ1) is 8.58. The maximum Gasteiger partial charge on any atom is 0.173 e. The van der Waals surface area contributed by atoms with Crippen molar-refractivity contribution in [3.05, 3.63) is 23.3 Å². The zero-order valence-electron chi connectivity index (χ0n) is 10.9. The van der Waals surface area contributed by atoms with E-state index in [1.807, 2.05) is 19.9 Å². The van der Waals surface area contributed by atoms with Gasteiger partial charge in [0.2, 0.25) is 0 Å². The molecule has 0 bridgehead atoms. The minimum Gasteiger partial charge on any atom is -0.493 e. The summed E-state index contributed by atoms with van der Waals surface area (Å²) in [6.45, 7) is 3.94. The third kappa shape index (κ3) is 1.88. The number of hydrogen-bond acceptors (Lipinski definition) is 5. The summed E-state index contributed by atoms with van der Waals surface area (Å²) in [5.74, 6) is 2.23. The van der Waals surface area contributed by atoms with Crippen molar-refractivity contribution in [2.75, 3.05) is 20.0 Å². The highest BCUT2D eigenvalue weighted by molar-refractivity contribution is 5.76. The van der Waals surface area contributed by atoms with Gasteiger partial charge in [0.25, 0.3) is 0 Å². The molecule has 0 saturated heterocycles. The summed E-state index contributed by atoms with van der Waals surface area (Å²) in [5, 5.41) is 3.69. The maximum atomic E-state index is 5.58. The molecule has 1 aromatic carbocycles. The van der Waals surface area contributed by atoms with Crippen LogP contribution in [0.25, 0.3) is 11.3 Å². The van der Waals surface area contributed by atoms with Gasteiger partial charge in [-0.15, -0.1) is 0 Å². The fourth-order valence-electron chi connectivity index (χ4n) is 2.10. The van der Waals surface area contributed by atoms with E-state index in [0.717, 1.165) is 16.7 Å². The topological polar surface area (TPSA) is 70.5 Å². The molecule has 5 heteroatoms. The lowest BCUT2D eigenvalue weighted by Gasteiger charge is -2.15. The van der Waals surface area contributed by atoms with Crippen molar-refractivity contribution < 1.29 is 14.0 Å². The molecule has 0 fully saturated rings. The minimum atomic E-state index is 0.339. The molecule has 2 N–H and O–H groups in total. The molecule has 0 radical (unpaired) electrons. The highest BCUT2D eigenvalue weighted by Crippen LogP contribution is 2.42. The number of nitrogens with zero attached hydrogens (tertiary/aromatic N) is 1. The first-order valence-corrected chi connectivity index (χ1v) is 5.53. The Bertz CT molecular complexity index is 576. The summed E-state index contributed by atoms with van der Waals surface area (Å²) in [6, 6.07) is 3.68. The highest BCUT2D eigenvalue weighted by Gasteiger charge is 2.20. The quantitative estimate of drug-likeness (QED) is 0.903. The molecule has 96 valence electrons. The van der Waals surface area contributed by atoms with Gasteiger partial charge in [0.15, 0.2) is 23.1 Å². The number of hydrogen-bond donors (Lipinski definition) is 1. The zero-order chi connectivity index (χ0) is 13.3. The van der Waals surface area contributed by atoms with E-state index in [-0.39, 0.29) is 0 Å². The van der Waals surface area contributed by atoms with Gasteiger partial charge < -0.3 is 19.7 Å². The summed E-state index contributed by atoms with van der Waals surface area (Å²) in [5.41, 5.74) is 8.41. The molecule has 0 saturated carbocycles. The van der Waals surface area contributed by atoms with Gasteiger partial charge in [-0.05, 0) is 25.0 Å². The fraction of sp³-hybridized carbons (Fsp3) is 0.308. The van der Waals surface area contributed by atoms with Crippen LogP contribution in [-0.4, -0.2) is 19.4 Å². The van der Waals surface area contributed by atoms with Crippen LogP contribution in [0.15, 0.2) is 16.7 Å². The van der Waals surface area contributed by atoms with Crippen LogP contribution in [0.2, 0.25) is 0 Å². The molecule has 0 aliphatic rings. The van der Waals surface area contributed by atoms with Crippen molar-refractivity contribution in [3.8, 4) is 22.8 Å². The standard InChI is InChI=1S/C13H16N2O3/c1-7-5-8(2)12(16-3)13(17-4)11(7)9-6-10(14)15-18-9/h5-6H,1-4H3,(H2,14,15). The summed E-state index contributed by atoms with van der Waals surface area (Å²) in [6.07, 6.45) is 0. The minimum absolute atomic E-state index is 0.339. The second-order valence-electron chi connectivity index (χ2n) is 4.07. The van der Waals surface area contributed by atoms with E-state index in [1.54, 1.807) is 20.3 Å². The summed E-state index contributed by atoms with van der Waals surface area (Å²) >= 11 is 0. The van der Waals surface area contributed by atoms with E-state index in [4.69, 9.17) is 19.7 Å². The fourth-order valence-corrected chi connectivity index (χ4v) is 2.10. The van der Waals surface area contributed by atoms with Crippen molar-refractivity contribution in [2.24, 2.45) is 0 Å². The number of benzene rings is 1. The Morgan fingerprint density at radius 1 is 1.06 bits per heavy atom.